The molecule has 2 N–H and O–H groups in total. The standard InChI is InChI=1S/C17H28N6O2S/c1-2-3-12-26-16-19-14(18)13-15(20-16)21-4-6-22(7-5-21)17(24)23-8-10-25-11-9-23/h13H,2-12H2,1H3,(H2,18,19,20). The molecule has 0 atom stereocenters. The molecule has 9 heteroatoms. The number of nitrogens with two attached hydrogens (primary N) is 1. The maximum Gasteiger partial charge on any atom is 0.320 e. The molecule has 2 amide bonds. The van der Waals surface area contributed by atoms with Crippen LogP contribution in [0.1, 0.15) is 19.8 Å². The molecule has 0 aliphatic carbocycles. The number of morpholine rings is 1. The van der Waals surface area contributed by atoms with Crippen molar-refractivity contribution in [2.45, 2.75) is 24.9 Å². The lowest BCUT2D eigenvalue weighted by molar-refractivity contribution is 0.0428. The van der Waals surface area contributed by atoms with Gasteiger partial charge in [0, 0.05) is 51.1 Å². The summed E-state index contributed by atoms with van der Waals surface area (Å²) in [5, 5.41) is 0.736. The van der Waals surface area contributed by atoms with Gasteiger partial charge in [-0.05, 0) is 6.42 Å². The minimum atomic E-state index is 0.117. The van der Waals surface area contributed by atoms with E-state index in [0.29, 0.717) is 45.2 Å². The molecule has 3 rings (SSSR count). The van der Waals surface area contributed by atoms with Gasteiger partial charge < -0.3 is 25.2 Å². The number of amides is 2. The van der Waals surface area contributed by atoms with Crippen molar-refractivity contribution in [3.8, 4) is 0 Å². The number of nitrogens with zero attached hydrogens (tertiary/aromatic N) is 5. The zero-order chi connectivity index (χ0) is 18.4. The molecule has 0 saturated carbocycles. The van der Waals surface area contributed by atoms with Gasteiger partial charge in [0.2, 0.25) is 0 Å². The maximum absolute atomic E-state index is 12.6. The summed E-state index contributed by atoms with van der Waals surface area (Å²) < 4.78 is 5.32. The third kappa shape index (κ3) is 4.91. The van der Waals surface area contributed by atoms with Gasteiger partial charge in [0.05, 0.1) is 13.2 Å². The molecule has 2 aliphatic heterocycles. The van der Waals surface area contributed by atoms with E-state index < -0.39 is 0 Å². The number of hydrogen-bond acceptors (Lipinski definition) is 7. The van der Waals surface area contributed by atoms with Gasteiger partial charge in [0.25, 0.3) is 0 Å². The van der Waals surface area contributed by atoms with E-state index in [9.17, 15) is 4.79 Å². The molecule has 0 unspecified atom stereocenters. The smallest absolute Gasteiger partial charge is 0.320 e. The zero-order valence-electron chi connectivity index (χ0n) is 15.4. The third-order valence-corrected chi connectivity index (χ3v) is 5.53. The Kier molecular flexibility index (Phi) is 6.79. The van der Waals surface area contributed by atoms with Crippen molar-refractivity contribution in [1.29, 1.82) is 0 Å². The average molecular weight is 381 g/mol. The number of carbonyl (C=O) groups is 1. The lowest BCUT2D eigenvalue weighted by Crippen LogP contribution is -2.55. The summed E-state index contributed by atoms with van der Waals surface area (Å²) in [5.74, 6) is 2.36. The van der Waals surface area contributed by atoms with Crippen molar-refractivity contribution in [1.82, 2.24) is 19.8 Å². The monoisotopic (exact) mass is 380 g/mol. The van der Waals surface area contributed by atoms with Crippen molar-refractivity contribution in [2.75, 3.05) is 68.9 Å². The summed E-state index contributed by atoms with van der Waals surface area (Å²) in [6, 6.07) is 1.94. The van der Waals surface area contributed by atoms with Crippen LogP contribution in [-0.4, -0.2) is 84.0 Å². The summed E-state index contributed by atoms with van der Waals surface area (Å²) in [6.07, 6.45) is 2.29. The Labute approximate surface area is 159 Å². The number of hydrogen-bond donors (Lipinski definition) is 1. The Hall–Kier alpha value is -1.74. The Morgan fingerprint density at radius 1 is 1.15 bits per heavy atom. The summed E-state index contributed by atoms with van der Waals surface area (Å²) in [4.78, 5) is 27.5. The molecule has 144 valence electrons. The van der Waals surface area contributed by atoms with Crippen LogP contribution in [0.15, 0.2) is 11.2 Å². The number of carbonyl (C=O) groups excluding carboxylic acids is 1. The fraction of sp³-hybridized carbons (Fsp3) is 0.706. The first-order valence-electron chi connectivity index (χ1n) is 9.31. The molecule has 8 nitrogen and oxygen atoms in total. The zero-order valence-corrected chi connectivity index (χ0v) is 16.2. The number of anilines is 2. The number of unbranched alkanes of at least 4 members (excludes halogenated alkanes) is 1. The molecule has 26 heavy (non-hydrogen) atoms. The number of urea groups is 1. The molecular weight excluding hydrogens is 352 g/mol. The Bertz CT molecular complexity index is 603. The molecule has 0 radical (unpaired) electrons. The van der Waals surface area contributed by atoms with Gasteiger partial charge in [-0.2, -0.15) is 0 Å². The predicted molar refractivity (Wildman–Crippen MR) is 104 cm³/mol. The van der Waals surface area contributed by atoms with Crippen LogP contribution in [0.2, 0.25) is 0 Å². The van der Waals surface area contributed by atoms with Crippen LogP contribution in [0.4, 0.5) is 16.4 Å². The summed E-state index contributed by atoms with van der Waals surface area (Å²) in [6.45, 7) is 7.69. The van der Waals surface area contributed by atoms with Gasteiger partial charge in [-0.15, -0.1) is 0 Å². The average Bonchev–Trinajstić information content (AvgIpc) is 2.68. The third-order valence-electron chi connectivity index (χ3n) is 4.60. The van der Waals surface area contributed by atoms with Gasteiger partial charge in [0.1, 0.15) is 11.6 Å². The Morgan fingerprint density at radius 2 is 1.85 bits per heavy atom. The molecule has 0 bridgehead atoms. The summed E-state index contributed by atoms with van der Waals surface area (Å²) in [7, 11) is 0. The summed E-state index contributed by atoms with van der Waals surface area (Å²) in [5.41, 5.74) is 5.97. The number of aromatic nitrogens is 2. The SMILES string of the molecule is CCCCSc1nc(N)cc(N2CCN(C(=O)N3CCOCC3)CC2)n1. The van der Waals surface area contributed by atoms with Gasteiger partial charge in [-0.3, -0.25) is 0 Å². The number of nitrogen functional groups attached to an aromatic ring is 1. The number of thioether (sulfide) groups is 1. The second kappa shape index (κ2) is 9.27. The molecular formula is C17H28N6O2S. The van der Waals surface area contributed by atoms with Gasteiger partial charge >= 0.3 is 6.03 Å². The van der Waals surface area contributed by atoms with Crippen molar-refractivity contribution in [3.05, 3.63) is 6.07 Å². The fourth-order valence-electron chi connectivity index (χ4n) is 3.05. The second-order valence-electron chi connectivity index (χ2n) is 6.49. The highest BCUT2D eigenvalue weighted by atomic mass is 32.2. The van der Waals surface area contributed by atoms with Crippen LogP contribution in [-0.2, 0) is 4.74 Å². The van der Waals surface area contributed by atoms with Gasteiger partial charge in [-0.25, -0.2) is 14.8 Å². The van der Waals surface area contributed by atoms with E-state index in [4.69, 9.17) is 10.5 Å². The van der Waals surface area contributed by atoms with E-state index in [1.165, 1.54) is 0 Å². The summed E-state index contributed by atoms with van der Waals surface area (Å²) >= 11 is 1.65. The topological polar surface area (TPSA) is 87.8 Å². The van der Waals surface area contributed by atoms with E-state index >= 15 is 0 Å². The maximum atomic E-state index is 12.6. The molecule has 0 aromatic carbocycles. The van der Waals surface area contributed by atoms with Gasteiger partial charge in [0.15, 0.2) is 5.16 Å². The van der Waals surface area contributed by atoms with Crippen LogP contribution in [0.5, 0.6) is 0 Å². The molecule has 3 heterocycles. The van der Waals surface area contributed by atoms with Crippen LogP contribution in [0, 0.1) is 0 Å². The highest BCUT2D eigenvalue weighted by Crippen LogP contribution is 2.22. The molecule has 2 saturated heterocycles. The van der Waals surface area contributed by atoms with Crippen LogP contribution < -0.4 is 10.6 Å². The first-order valence-corrected chi connectivity index (χ1v) is 10.3. The van der Waals surface area contributed by atoms with E-state index in [1.807, 2.05) is 15.9 Å². The first-order chi connectivity index (χ1) is 12.7. The normalized spacial score (nSPS) is 18.3. The van der Waals surface area contributed by atoms with E-state index in [2.05, 4.69) is 21.8 Å². The molecule has 1 aromatic heterocycles. The van der Waals surface area contributed by atoms with Gasteiger partial charge in [-0.1, -0.05) is 25.1 Å². The highest BCUT2D eigenvalue weighted by Gasteiger charge is 2.27. The fourth-order valence-corrected chi connectivity index (χ4v) is 3.99. The van der Waals surface area contributed by atoms with Crippen LogP contribution in [0.3, 0.4) is 0 Å². The van der Waals surface area contributed by atoms with Crippen molar-refractivity contribution >= 4 is 29.4 Å². The number of piperazine rings is 1. The predicted octanol–water partition coefficient (Wildman–Crippen LogP) is 1.53. The van der Waals surface area contributed by atoms with Crippen LogP contribution in [0.25, 0.3) is 0 Å². The number of ether oxygens (including phenoxy) is 1. The van der Waals surface area contributed by atoms with E-state index in [0.717, 1.165) is 42.7 Å². The Balaban J connectivity index is 1.56. The molecule has 2 aliphatic rings. The quantitative estimate of drug-likeness (QED) is 0.471. The lowest BCUT2D eigenvalue weighted by atomic mass is 10.3. The molecule has 2 fully saturated rings. The van der Waals surface area contributed by atoms with Crippen molar-refractivity contribution in [3.63, 3.8) is 0 Å². The molecule has 1 aromatic rings. The number of rotatable bonds is 5. The van der Waals surface area contributed by atoms with E-state index in [-0.39, 0.29) is 6.03 Å². The van der Waals surface area contributed by atoms with Crippen molar-refractivity contribution < 1.29 is 9.53 Å². The van der Waals surface area contributed by atoms with Crippen molar-refractivity contribution in [2.24, 2.45) is 0 Å². The largest absolute Gasteiger partial charge is 0.383 e. The van der Waals surface area contributed by atoms with Crippen LogP contribution >= 0.6 is 11.8 Å². The lowest BCUT2D eigenvalue weighted by Gasteiger charge is -2.39. The first kappa shape index (κ1) is 19.0. The second-order valence-corrected chi connectivity index (χ2v) is 7.55. The highest BCUT2D eigenvalue weighted by molar-refractivity contribution is 7.99. The minimum Gasteiger partial charge on any atom is -0.383 e. The minimum absolute atomic E-state index is 0.117. The molecule has 0 spiro atoms. The van der Waals surface area contributed by atoms with E-state index in [1.54, 1.807) is 11.8 Å². The Morgan fingerprint density at radius 3 is 2.54 bits per heavy atom.